The van der Waals surface area contributed by atoms with Gasteiger partial charge in [-0.25, -0.2) is 0 Å². The Hall–Kier alpha value is -1.40. The van der Waals surface area contributed by atoms with Gasteiger partial charge >= 0.3 is 0 Å². The van der Waals surface area contributed by atoms with Crippen LogP contribution in [0.4, 0.5) is 0 Å². The molecule has 2 fully saturated rings. The molecule has 0 N–H and O–H groups in total. The maximum Gasteiger partial charge on any atom is 0.263 e. The highest BCUT2D eigenvalue weighted by Crippen LogP contribution is 2.45. The van der Waals surface area contributed by atoms with Crippen molar-refractivity contribution in [3.8, 4) is 0 Å². The van der Waals surface area contributed by atoms with Crippen LogP contribution in [-0.4, -0.2) is 73.3 Å². The number of nitrogens with zero attached hydrogens (tertiary/aromatic N) is 3. The van der Waals surface area contributed by atoms with Crippen LogP contribution in [0.5, 0.6) is 0 Å². The predicted molar refractivity (Wildman–Crippen MR) is 91.6 cm³/mol. The number of hydrogen-bond acceptors (Lipinski definition) is 4. The molecule has 2 aliphatic heterocycles. The molecule has 3 heterocycles. The van der Waals surface area contributed by atoms with Crippen LogP contribution in [0.25, 0.3) is 0 Å². The van der Waals surface area contributed by atoms with E-state index in [9.17, 15) is 9.59 Å². The lowest BCUT2D eigenvalue weighted by Crippen LogP contribution is -2.42. The van der Waals surface area contributed by atoms with Crippen LogP contribution in [-0.2, 0) is 4.79 Å². The fraction of sp³-hybridized carbons (Fsp3) is 0.647. The lowest BCUT2D eigenvalue weighted by Gasteiger charge is -2.27. The highest BCUT2D eigenvalue weighted by molar-refractivity contribution is 7.12. The third-order valence-corrected chi connectivity index (χ3v) is 6.15. The first-order chi connectivity index (χ1) is 10.9. The van der Waals surface area contributed by atoms with E-state index in [1.54, 1.807) is 0 Å². The summed E-state index contributed by atoms with van der Waals surface area (Å²) in [5.41, 5.74) is -0.362. The number of carbonyl (C=O) groups is 2. The quantitative estimate of drug-likeness (QED) is 0.840. The van der Waals surface area contributed by atoms with E-state index in [1.807, 2.05) is 41.4 Å². The van der Waals surface area contributed by atoms with Crippen molar-refractivity contribution >= 4 is 23.2 Å². The number of hydrogen-bond donors (Lipinski definition) is 0. The van der Waals surface area contributed by atoms with Gasteiger partial charge in [0.05, 0.1) is 10.3 Å². The summed E-state index contributed by atoms with van der Waals surface area (Å²) in [5, 5.41) is 1.92. The fourth-order valence-corrected chi connectivity index (χ4v) is 4.46. The van der Waals surface area contributed by atoms with Gasteiger partial charge in [0.2, 0.25) is 5.91 Å². The summed E-state index contributed by atoms with van der Waals surface area (Å²) < 4.78 is 0. The van der Waals surface area contributed by atoms with Crippen molar-refractivity contribution in [1.82, 2.24) is 14.7 Å². The first-order valence-electron chi connectivity index (χ1n) is 8.21. The van der Waals surface area contributed by atoms with E-state index < -0.39 is 0 Å². The van der Waals surface area contributed by atoms with Crippen molar-refractivity contribution in [3.05, 3.63) is 22.4 Å². The topological polar surface area (TPSA) is 43.9 Å². The summed E-state index contributed by atoms with van der Waals surface area (Å²) in [6, 6.07) is 3.76. The molecule has 23 heavy (non-hydrogen) atoms. The molecule has 0 unspecified atom stereocenters. The number of amides is 2. The number of rotatable bonds is 4. The van der Waals surface area contributed by atoms with Gasteiger partial charge in [0, 0.05) is 32.7 Å². The Morgan fingerprint density at radius 1 is 1.48 bits per heavy atom. The third kappa shape index (κ3) is 2.90. The molecule has 0 aromatic carbocycles. The SMILES string of the molecule is C[C@@H]1CN(C(=O)c2cccs2)C[C@]12CCN(CCN(C)C)C2=O. The van der Waals surface area contributed by atoms with Gasteiger partial charge in [-0.05, 0) is 37.9 Å². The summed E-state index contributed by atoms with van der Waals surface area (Å²) in [5.74, 6) is 0.542. The zero-order chi connectivity index (χ0) is 16.6. The van der Waals surface area contributed by atoms with E-state index in [2.05, 4.69) is 11.8 Å². The Morgan fingerprint density at radius 3 is 2.91 bits per heavy atom. The van der Waals surface area contributed by atoms with Gasteiger partial charge < -0.3 is 14.7 Å². The number of likely N-dealkylation sites (tertiary alicyclic amines) is 2. The van der Waals surface area contributed by atoms with E-state index in [4.69, 9.17) is 0 Å². The van der Waals surface area contributed by atoms with Gasteiger partial charge in [-0.15, -0.1) is 11.3 Å². The number of likely N-dealkylation sites (N-methyl/N-ethyl adjacent to an activating group) is 1. The van der Waals surface area contributed by atoms with Gasteiger partial charge in [-0.2, -0.15) is 0 Å². The Balaban J connectivity index is 1.71. The van der Waals surface area contributed by atoms with Crippen LogP contribution in [0.3, 0.4) is 0 Å². The van der Waals surface area contributed by atoms with Gasteiger partial charge in [-0.3, -0.25) is 9.59 Å². The summed E-state index contributed by atoms with van der Waals surface area (Å²) in [6.07, 6.45) is 0.870. The molecule has 6 heteroatoms. The molecule has 2 aliphatic rings. The molecule has 1 aromatic rings. The van der Waals surface area contributed by atoms with Crippen molar-refractivity contribution in [2.24, 2.45) is 11.3 Å². The number of thiophene rings is 1. The molecule has 1 spiro atoms. The minimum Gasteiger partial charge on any atom is -0.341 e. The molecule has 1 aromatic heterocycles. The zero-order valence-corrected chi connectivity index (χ0v) is 14.9. The van der Waals surface area contributed by atoms with Crippen LogP contribution in [0.2, 0.25) is 0 Å². The predicted octanol–water partition coefficient (Wildman–Crippen LogP) is 1.62. The maximum atomic E-state index is 13.0. The third-order valence-electron chi connectivity index (χ3n) is 5.29. The molecule has 0 aliphatic carbocycles. The van der Waals surface area contributed by atoms with Crippen molar-refractivity contribution in [1.29, 1.82) is 0 Å². The largest absolute Gasteiger partial charge is 0.341 e. The van der Waals surface area contributed by atoms with Crippen molar-refractivity contribution < 1.29 is 9.59 Å². The second-order valence-electron chi connectivity index (χ2n) is 7.07. The lowest BCUT2D eigenvalue weighted by molar-refractivity contribution is -0.137. The molecule has 0 radical (unpaired) electrons. The van der Waals surface area contributed by atoms with Gasteiger partial charge in [-0.1, -0.05) is 13.0 Å². The average molecular weight is 335 g/mol. The summed E-state index contributed by atoms with van der Waals surface area (Å²) in [7, 11) is 4.05. The van der Waals surface area contributed by atoms with Crippen molar-refractivity contribution in [2.45, 2.75) is 13.3 Å². The first kappa shape index (κ1) is 16.5. The molecular weight excluding hydrogens is 310 g/mol. The van der Waals surface area contributed by atoms with E-state index in [0.29, 0.717) is 13.1 Å². The fourth-order valence-electron chi connectivity index (χ4n) is 3.77. The summed E-state index contributed by atoms with van der Waals surface area (Å²) >= 11 is 1.47. The highest BCUT2D eigenvalue weighted by Gasteiger charge is 2.55. The van der Waals surface area contributed by atoms with Gasteiger partial charge in [0.15, 0.2) is 0 Å². The van der Waals surface area contributed by atoms with E-state index >= 15 is 0 Å². The van der Waals surface area contributed by atoms with Crippen LogP contribution < -0.4 is 0 Å². The molecule has 126 valence electrons. The Morgan fingerprint density at radius 2 is 2.26 bits per heavy atom. The normalized spacial score (nSPS) is 27.7. The molecule has 5 nitrogen and oxygen atoms in total. The standard InChI is InChI=1S/C17H25N3O2S/c1-13-11-20(15(21)14-5-4-10-23-14)12-17(13)6-7-19(16(17)22)9-8-18(2)3/h4-5,10,13H,6-9,11-12H2,1-3H3/t13-,17-/m1/s1. The molecule has 2 atom stereocenters. The second kappa shape index (κ2) is 6.24. The molecule has 2 saturated heterocycles. The summed E-state index contributed by atoms with van der Waals surface area (Å²) in [6.45, 7) is 5.85. The molecule has 0 saturated carbocycles. The zero-order valence-electron chi connectivity index (χ0n) is 14.1. The monoisotopic (exact) mass is 335 g/mol. The minimum absolute atomic E-state index is 0.0725. The van der Waals surface area contributed by atoms with Crippen LogP contribution in [0.1, 0.15) is 23.0 Å². The maximum absolute atomic E-state index is 13.0. The Labute approximate surface area is 141 Å². The highest BCUT2D eigenvalue weighted by atomic mass is 32.1. The molecular formula is C17H25N3O2S. The van der Waals surface area contributed by atoms with Crippen molar-refractivity contribution in [2.75, 3.05) is 46.8 Å². The number of carbonyl (C=O) groups excluding carboxylic acids is 2. The smallest absolute Gasteiger partial charge is 0.263 e. The van der Waals surface area contributed by atoms with Crippen LogP contribution in [0, 0.1) is 11.3 Å². The lowest BCUT2D eigenvalue weighted by atomic mass is 9.78. The Kier molecular flexibility index (Phi) is 4.47. The molecule has 0 bridgehead atoms. The molecule has 3 rings (SSSR count). The summed E-state index contributed by atoms with van der Waals surface area (Å²) in [4.78, 5) is 32.3. The average Bonchev–Trinajstić information content (AvgIpc) is 3.20. The van der Waals surface area contributed by atoms with E-state index in [-0.39, 0.29) is 23.1 Å². The Bertz CT molecular complexity index is 587. The second-order valence-corrected chi connectivity index (χ2v) is 8.01. The molecule has 2 amide bonds. The minimum atomic E-state index is -0.362. The van der Waals surface area contributed by atoms with Crippen LogP contribution >= 0.6 is 11.3 Å². The van der Waals surface area contributed by atoms with E-state index in [0.717, 1.165) is 30.9 Å². The van der Waals surface area contributed by atoms with Crippen molar-refractivity contribution in [3.63, 3.8) is 0 Å². The van der Waals surface area contributed by atoms with Crippen LogP contribution in [0.15, 0.2) is 17.5 Å². The first-order valence-corrected chi connectivity index (χ1v) is 9.09. The van der Waals surface area contributed by atoms with Gasteiger partial charge in [0.25, 0.3) is 5.91 Å². The van der Waals surface area contributed by atoms with Gasteiger partial charge in [0.1, 0.15) is 0 Å². The van der Waals surface area contributed by atoms with E-state index in [1.165, 1.54) is 11.3 Å².